The zero-order valence-electron chi connectivity index (χ0n) is 11.2. The van der Waals surface area contributed by atoms with E-state index < -0.39 is 18.4 Å². The van der Waals surface area contributed by atoms with E-state index in [4.69, 9.17) is 9.84 Å². The molecule has 1 aromatic carbocycles. The average molecular weight is 267 g/mol. The van der Waals surface area contributed by atoms with Gasteiger partial charge in [0.25, 0.3) is 0 Å². The largest absolute Gasteiger partial charge is 0.480 e. The van der Waals surface area contributed by atoms with Crippen molar-refractivity contribution in [3.63, 3.8) is 0 Å². The van der Waals surface area contributed by atoms with Crippen LogP contribution in [0.25, 0.3) is 0 Å². The van der Waals surface area contributed by atoms with Gasteiger partial charge in [-0.2, -0.15) is 0 Å². The minimum atomic E-state index is -1.30. The van der Waals surface area contributed by atoms with Crippen LogP contribution in [0.3, 0.4) is 0 Å². The number of benzene rings is 1. The van der Waals surface area contributed by atoms with Crippen LogP contribution < -0.4 is 5.32 Å². The molecule has 106 valence electrons. The molecule has 1 aromatic rings. The molecule has 0 saturated carbocycles. The maximum atomic E-state index is 11.1. The smallest absolute Gasteiger partial charge is 0.321 e. The van der Waals surface area contributed by atoms with Gasteiger partial charge in [0.2, 0.25) is 6.41 Å². The highest BCUT2D eigenvalue weighted by molar-refractivity contribution is 5.73. The number of rotatable bonds is 8. The van der Waals surface area contributed by atoms with Crippen LogP contribution in [0, 0.1) is 5.92 Å². The van der Waals surface area contributed by atoms with Crippen LogP contribution >= 0.6 is 0 Å². The maximum absolute atomic E-state index is 11.1. The molecule has 0 bridgehead atoms. The van der Waals surface area contributed by atoms with E-state index in [1.165, 1.54) is 0 Å². The molecule has 0 heterocycles. The molecule has 5 heteroatoms. The Kier molecular flexibility index (Phi) is 6.49. The van der Waals surface area contributed by atoms with Crippen molar-refractivity contribution in [2.75, 3.05) is 0 Å². The van der Waals surface area contributed by atoms with Crippen LogP contribution in [0.5, 0.6) is 0 Å². The van der Waals surface area contributed by atoms with E-state index in [0.29, 0.717) is 6.42 Å². The number of aliphatic hydroxyl groups is 1. The topological polar surface area (TPSA) is 78.8 Å². The fourth-order valence-corrected chi connectivity index (χ4v) is 1.67. The van der Waals surface area contributed by atoms with E-state index in [-0.39, 0.29) is 12.5 Å². The fraction of sp³-hybridized carbons (Fsp3) is 0.500. The molecule has 19 heavy (non-hydrogen) atoms. The second kappa shape index (κ2) is 7.89. The van der Waals surface area contributed by atoms with Gasteiger partial charge in [0, 0.05) is 0 Å². The Balaban J connectivity index is 2.44. The SMILES string of the molecule is CC[C@H](C)[C@H](NC(O)OCc1ccccc1)C(=O)O. The molecule has 1 rings (SSSR count). The Morgan fingerprint density at radius 3 is 2.53 bits per heavy atom. The van der Waals surface area contributed by atoms with Gasteiger partial charge in [-0.3, -0.25) is 10.1 Å². The summed E-state index contributed by atoms with van der Waals surface area (Å²) in [5, 5.41) is 21.3. The van der Waals surface area contributed by atoms with Crippen molar-refractivity contribution in [1.29, 1.82) is 0 Å². The van der Waals surface area contributed by atoms with Gasteiger partial charge in [-0.15, -0.1) is 0 Å². The lowest BCUT2D eigenvalue weighted by molar-refractivity contribution is -0.157. The third-order valence-electron chi connectivity index (χ3n) is 3.05. The molecule has 3 N–H and O–H groups in total. The third kappa shape index (κ3) is 5.38. The van der Waals surface area contributed by atoms with Gasteiger partial charge in [-0.1, -0.05) is 50.6 Å². The number of hydrogen-bond donors (Lipinski definition) is 3. The summed E-state index contributed by atoms with van der Waals surface area (Å²) in [6, 6.07) is 8.55. The van der Waals surface area contributed by atoms with Gasteiger partial charge in [0.15, 0.2) is 0 Å². The third-order valence-corrected chi connectivity index (χ3v) is 3.05. The van der Waals surface area contributed by atoms with E-state index in [1.807, 2.05) is 44.2 Å². The predicted molar refractivity (Wildman–Crippen MR) is 71.3 cm³/mol. The van der Waals surface area contributed by atoms with Gasteiger partial charge in [-0.25, -0.2) is 0 Å². The second-order valence-electron chi connectivity index (χ2n) is 4.52. The van der Waals surface area contributed by atoms with Crippen molar-refractivity contribution < 1.29 is 19.7 Å². The Hall–Kier alpha value is -1.43. The zero-order chi connectivity index (χ0) is 14.3. The molecule has 0 aliphatic rings. The number of hydrogen-bond acceptors (Lipinski definition) is 4. The van der Waals surface area contributed by atoms with Crippen molar-refractivity contribution in [3.05, 3.63) is 35.9 Å². The van der Waals surface area contributed by atoms with E-state index in [0.717, 1.165) is 5.56 Å². The van der Waals surface area contributed by atoms with Crippen molar-refractivity contribution in [2.24, 2.45) is 5.92 Å². The lowest BCUT2D eigenvalue weighted by atomic mass is 10.00. The molecular weight excluding hydrogens is 246 g/mol. The first kappa shape index (κ1) is 15.6. The first-order valence-electron chi connectivity index (χ1n) is 6.37. The molecule has 0 aromatic heterocycles. The van der Waals surface area contributed by atoms with Gasteiger partial charge in [-0.05, 0) is 11.5 Å². The van der Waals surface area contributed by atoms with E-state index in [1.54, 1.807) is 0 Å². The summed E-state index contributed by atoms with van der Waals surface area (Å²) < 4.78 is 5.18. The van der Waals surface area contributed by atoms with E-state index >= 15 is 0 Å². The standard InChI is InChI=1S/C14H21NO4/c1-3-10(2)12(13(16)17)15-14(18)19-9-11-7-5-4-6-8-11/h4-8,10,12,14-15,18H,3,9H2,1-2H3,(H,16,17)/t10-,12-,14?/m0/s1. The average Bonchev–Trinajstić information content (AvgIpc) is 2.42. The first-order chi connectivity index (χ1) is 9.04. The minimum Gasteiger partial charge on any atom is -0.480 e. The first-order valence-corrected chi connectivity index (χ1v) is 6.37. The fourth-order valence-electron chi connectivity index (χ4n) is 1.67. The lowest BCUT2D eigenvalue weighted by Gasteiger charge is -2.23. The highest BCUT2D eigenvalue weighted by atomic mass is 16.6. The van der Waals surface area contributed by atoms with E-state index in [9.17, 15) is 9.90 Å². The normalized spacial score (nSPS) is 15.7. The lowest BCUT2D eigenvalue weighted by Crippen LogP contribution is -2.48. The molecule has 0 fully saturated rings. The number of aliphatic carboxylic acids is 1. The van der Waals surface area contributed by atoms with Crippen LogP contribution in [-0.4, -0.2) is 28.6 Å². The molecular formula is C14H21NO4. The summed E-state index contributed by atoms with van der Waals surface area (Å²) in [5.41, 5.74) is 0.916. The molecule has 0 saturated heterocycles. The molecule has 0 aliphatic heterocycles. The van der Waals surface area contributed by atoms with Gasteiger partial charge >= 0.3 is 5.97 Å². The summed E-state index contributed by atoms with van der Waals surface area (Å²) in [7, 11) is 0. The van der Waals surface area contributed by atoms with Crippen molar-refractivity contribution in [1.82, 2.24) is 5.32 Å². The number of nitrogens with one attached hydrogen (secondary N) is 1. The Morgan fingerprint density at radius 1 is 1.37 bits per heavy atom. The Morgan fingerprint density at radius 2 is 2.00 bits per heavy atom. The molecule has 5 nitrogen and oxygen atoms in total. The Bertz CT molecular complexity index is 382. The minimum absolute atomic E-state index is 0.0903. The van der Waals surface area contributed by atoms with Gasteiger partial charge in [0.1, 0.15) is 6.04 Å². The number of aliphatic hydroxyl groups excluding tert-OH is 1. The zero-order valence-corrected chi connectivity index (χ0v) is 11.2. The van der Waals surface area contributed by atoms with Gasteiger partial charge in [0.05, 0.1) is 6.61 Å². The Labute approximate surface area is 113 Å². The molecule has 0 aliphatic carbocycles. The summed E-state index contributed by atoms with van der Waals surface area (Å²) in [6.45, 7) is 3.94. The molecule has 0 radical (unpaired) electrons. The highest BCUT2D eigenvalue weighted by Crippen LogP contribution is 2.09. The maximum Gasteiger partial charge on any atom is 0.321 e. The number of carboxylic acid groups (broad SMARTS) is 1. The summed E-state index contributed by atoms with van der Waals surface area (Å²) in [4.78, 5) is 11.1. The van der Waals surface area contributed by atoms with Crippen LogP contribution in [0.2, 0.25) is 0 Å². The summed E-state index contributed by atoms with van der Waals surface area (Å²) in [5.74, 6) is -1.08. The summed E-state index contributed by atoms with van der Waals surface area (Å²) >= 11 is 0. The van der Waals surface area contributed by atoms with Crippen LogP contribution in [0.1, 0.15) is 25.8 Å². The number of ether oxygens (including phenoxy) is 1. The monoisotopic (exact) mass is 267 g/mol. The predicted octanol–water partition coefficient (Wildman–Crippen LogP) is 1.57. The molecule has 0 spiro atoms. The quantitative estimate of drug-likeness (QED) is 0.623. The molecule has 0 amide bonds. The van der Waals surface area contributed by atoms with Gasteiger partial charge < -0.3 is 14.9 Å². The summed E-state index contributed by atoms with van der Waals surface area (Å²) in [6.07, 6.45) is -0.592. The highest BCUT2D eigenvalue weighted by Gasteiger charge is 2.25. The number of carboxylic acids is 1. The van der Waals surface area contributed by atoms with Crippen LogP contribution in [0.15, 0.2) is 30.3 Å². The molecule has 1 unspecified atom stereocenters. The second-order valence-corrected chi connectivity index (χ2v) is 4.52. The van der Waals surface area contributed by atoms with E-state index in [2.05, 4.69) is 5.32 Å². The van der Waals surface area contributed by atoms with Crippen molar-refractivity contribution in [2.45, 2.75) is 39.3 Å². The van der Waals surface area contributed by atoms with Crippen molar-refractivity contribution >= 4 is 5.97 Å². The van der Waals surface area contributed by atoms with Crippen LogP contribution in [0.4, 0.5) is 0 Å². The molecule has 3 atom stereocenters. The van der Waals surface area contributed by atoms with Crippen molar-refractivity contribution in [3.8, 4) is 0 Å². The number of carbonyl (C=O) groups is 1. The van der Waals surface area contributed by atoms with Crippen LogP contribution in [-0.2, 0) is 16.1 Å².